The highest BCUT2D eigenvalue weighted by atomic mass is 32.2. The number of hydrogen-bond donors (Lipinski definition) is 7. The lowest BCUT2D eigenvalue weighted by Crippen LogP contribution is -2.41. The van der Waals surface area contributed by atoms with Crippen LogP contribution >= 0.6 is 0 Å². The molecule has 2 amide bonds. The lowest BCUT2D eigenvalue weighted by atomic mass is 9.93. The van der Waals surface area contributed by atoms with Gasteiger partial charge in [-0.2, -0.15) is 8.42 Å². The number of benzene rings is 3. The van der Waals surface area contributed by atoms with E-state index < -0.39 is 39.9 Å². The van der Waals surface area contributed by atoms with E-state index in [1.807, 2.05) is 13.8 Å². The average molecular weight is 613 g/mol. The predicted molar refractivity (Wildman–Crippen MR) is 160 cm³/mol. The fourth-order valence-corrected chi connectivity index (χ4v) is 3.88. The smallest absolute Gasteiger partial charge is 0.336 e. The van der Waals surface area contributed by atoms with Crippen LogP contribution in [-0.2, 0) is 14.9 Å². The van der Waals surface area contributed by atoms with E-state index >= 15 is 0 Å². The Hall–Kier alpha value is -5.08. The van der Waals surface area contributed by atoms with Gasteiger partial charge in [0.1, 0.15) is 11.9 Å². The Bertz CT molecular complexity index is 1630. The third-order valence-electron chi connectivity index (χ3n) is 5.74. The van der Waals surface area contributed by atoms with E-state index in [-0.39, 0.29) is 40.4 Å². The number of aliphatic carboxylic acids is 1. The van der Waals surface area contributed by atoms with Crippen LogP contribution in [0.4, 0.5) is 5.69 Å². The maximum absolute atomic E-state index is 13.1. The molecule has 13 nitrogen and oxygen atoms in total. The molecule has 1 unspecified atom stereocenters. The first kappa shape index (κ1) is 34.1. The number of carbonyl (C=O) groups excluding carboxylic acids is 2. The number of nitrogen functional groups attached to an aromatic ring is 1. The monoisotopic (exact) mass is 612 g/mol. The summed E-state index contributed by atoms with van der Waals surface area (Å²) < 4.78 is 25.9. The van der Waals surface area contributed by atoms with Crippen LogP contribution in [-0.4, -0.2) is 65.1 Å². The molecule has 0 aromatic heterocycles. The molecule has 43 heavy (non-hydrogen) atoms. The molecule has 0 aliphatic heterocycles. The number of carboxylic acid groups (broad SMARTS) is 2. The number of amides is 2. The highest BCUT2D eigenvalue weighted by molar-refractivity contribution is 7.85. The van der Waals surface area contributed by atoms with Crippen LogP contribution < -0.4 is 16.4 Å². The summed E-state index contributed by atoms with van der Waals surface area (Å²) in [5, 5.41) is 32.0. The summed E-state index contributed by atoms with van der Waals surface area (Å²) in [6.07, 6.45) is 0.928. The van der Waals surface area contributed by atoms with Gasteiger partial charge in [0.25, 0.3) is 21.9 Å². The van der Waals surface area contributed by atoms with E-state index in [0.717, 1.165) is 6.07 Å². The molecule has 0 spiro atoms. The van der Waals surface area contributed by atoms with Crippen LogP contribution in [0.1, 0.15) is 56.9 Å². The zero-order valence-corrected chi connectivity index (χ0v) is 24.3. The van der Waals surface area contributed by atoms with Gasteiger partial charge >= 0.3 is 11.9 Å². The highest BCUT2D eigenvalue weighted by Crippen LogP contribution is 2.29. The second kappa shape index (κ2) is 14.7. The molecule has 0 heterocycles. The maximum atomic E-state index is 13.1. The molecule has 0 aliphatic carbocycles. The number of rotatable bonds is 10. The minimum atomic E-state index is -3.67. The van der Waals surface area contributed by atoms with E-state index in [1.54, 1.807) is 48.5 Å². The summed E-state index contributed by atoms with van der Waals surface area (Å²) in [6, 6.07) is 15.7. The predicted octanol–water partition coefficient (Wildman–Crippen LogP) is 3.32. The van der Waals surface area contributed by atoms with Gasteiger partial charge in [0.15, 0.2) is 0 Å². The first-order valence-electron chi connectivity index (χ1n) is 12.7. The van der Waals surface area contributed by atoms with E-state index in [1.165, 1.54) is 12.1 Å². The molecule has 3 rings (SSSR count). The number of hydrogen-bond acceptors (Lipinski definition) is 7. The third kappa shape index (κ3) is 10.7. The van der Waals surface area contributed by atoms with Crippen LogP contribution in [0.3, 0.4) is 0 Å². The van der Waals surface area contributed by atoms with E-state index in [0.29, 0.717) is 23.1 Å². The largest absolute Gasteiger partial charge is 0.480 e. The summed E-state index contributed by atoms with van der Waals surface area (Å²) in [5.74, 6) is -3.80. The van der Waals surface area contributed by atoms with Crippen molar-refractivity contribution in [1.82, 2.24) is 5.32 Å². The van der Waals surface area contributed by atoms with E-state index in [9.17, 15) is 37.8 Å². The van der Waals surface area contributed by atoms with Gasteiger partial charge in [0.05, 0.1) is 11.8 Å². The van der Waals surface area contributed by atoms with Gasteiger partial charge in [-0.3, -0.25) is 19.6 Å². The fourth-order valence-electron chi connectivity index (χ4n) is 3.88. The molecule has 3 aromatic carbocycles. The first-order chi connectivity index (χ1) is 20.0. The number of anilines is 1. The van der Waals surface area contributed by atoms with Crippen molar-refractivity contribution in [1.29, 1.82) is 5.41 Å². The molecule has 228 valence electrons. The van der Waals surface area contributed by atoms with E-state index in [2.05, 4.69) is 10.6 Å². The van der Waals surface area contributed by atoms with Gasteiger partial charge < -0.3 is 26.6 Å². The van der Waals surface area contributed by atoms with Crippen molar-refractivity contribution in [3.63, 3.8) is 0 Å². The third-order valence-corrected chi connectivity index (χ3v) is 5.74. The molecule has 14 heteroatoms. The molecule has 0 saturated carbocycles. The number of nitrogens with two attached hydrogens (primary N) is 1. The molecule has 0 fully saturated rings. The van der Waals surface area contributed by atoms with Crippen molar-refractivity contribution in [2.75, 3.05) is 11.6 Å². The van der Waals surface area contributed by atoms with Gasteiger partial charge in [0.2, 0.25) is 0 Å². The average Bonchev–Trinajstić information content (AvgIpc) is 2.91. The summed E-state index contributed by atoms with van der Waals surface area (Å²) in [7, 11) is -3.67. The van der Waals surface area contributed by atoms with Gasteiger partial charge in [-0.25, -0.2) is 9.59 Å². The molecule has 0 radical (unpaired) electrons. The Morgan fingerprint density at radius 1 is 0.860 bits per heavy atom. The van der Waals surface area contributed by atoms with Crippen molar-refractivity contribution < 1.29 is 42.4 Å². The Kier molecular flexibility index (Phi) is 11.7. The second-order valence-electron chi connectivity index (χ2n) is 9.78. The standard InChI is InChI=1S/C28H28N4O6.CH4O3S/c1-15(2)13-23(28(37)38)32-25(33)17-9-12-20(22(14-17)27(35)36)19-5-3-4-6-21(19)26(34)31-18-10-7-16(8-11-18)24(29)30;1-5(2,3)4/h3-12,14-15,23H,13H2,1-2H3,(H3,29,30)(H,31,34)(H,32,33)(H,35,36)(H,37,38);1H3,(H,2,3,4). The van der Waals surface area contributed by atoms with Gasteiger partial charge in [-0.1, -0.05) is 38.1 Å². The van der Waals surface area contributed by atoms with Crippen LogP contribution in [0.15, 0.2) is 66.7 Å². The van der Waals surface area contributed by atoms with Gasteiger partial charge in [-0.05, 0) is 65.9 Å². The van der Waals surface area contributed by atoms with Crippen molar-refractivity contribution in [3.05, 3.63) is 89.0 Å². The molecular weight excluding hydrogens is 580 g/mol. The van der Waals surface area contributed by atoms with Gasteiger partial charge in [-0.15, -0.1) is 0 Å². The lowest BCUT2D eigenvalue weighted by molar-refractivity contribution is -0.139. The second-order valence-corrected chi connectivity index (χ2v) is 11.2. The molecule has 3 aromatic rings. The molecule has 8 N–H and O–H groups in total. The molecular formula is C29H32N4O9S. The number of carboxylic acids is 2. The Morgan fingerprint density at radius 3 is 1.91 bits per heavy atom. The highest BCUT2D eigenvalue weighted by Gasteiger charge is 2.24. The Morgan fingerprint density at radius 2 is 1.40 bits per heavy atom. The van der Waals surface area contributed by atoms with Crippen LogP contribution in [0.2, 0.25) is 0 Å². The molecule has 0 saturated heterocycles. The normalized spacial score (nSPS) is 11.5. The minimum absolute atomic E-state index is 0.0167. The Labute approximate surface area is 248 Å². The maximum Gasteiger partial charge on any atom is 0.336 e. The topological polar surface area (TPSA) is 237 Å². The quantitative estimate of drug-likeness (QED) is 0.100. The molecule has 0 aliphatic rings. The van der Waals surface area contributed by atoms with Crippen molar-refractivity contribution in [3.8, 4) is 11.1 Å². The summed E-state index contributed by atoms with van der Waals surface area (Å²) >= 11 is 0. The SMILES string of the molecule is CC(C)CC(NC(=O)c1ccc(-c2ccccc2C(=O)Nc2ccc(C(=N)N)cc2)c(C(=O)O)c1)C(=O)O.CS(=O)(=O)O. The van der Waals surface area contributed by atoms with Crippen molar-refractivity contribution in [2.45, 2.75) is 26.3 Å². The summed E-state index contributed by atoms with van der Waals surface area (Å²) in [6.45, 7) is 3.66. The minimum Gasteiger partial charge on any atom is -0.480 e. The zero-order chi connectivity index (χ0) is 32.5. The van der Waals surface area contributed by atoms with Gasteiger partial charge in [0, 0.05) is 22.4 Å². The first-order valence-corrected chi connectivity index (χ1v) is 14.5. The summed E-state index contributed by atoms with van der Waals surface area (Å²) in [4.78, 5) is 49.6. The lowest BCUT2D eigenvalue weighted by Gasteiger charge is -2.17. The van der Waals surface area contributed by atoms with E-state index in [4.69, 9.17) is 15.7 Å². The van der Waals surface area contributed by atoms with Crippen LogP contribution in [0, 0.1) is 11.3 Å². The molecule has 0 bridgehead atoms. The Balaban J connectivity index is 0.00000119. The summed E-state index contributed by atoms with van der Waals surface area (Å²) in [5.41, 5.74) is 6.91. The zero-order valence-electron chi connectivity index (χ0n) is 23.5. The van der Waals surface area contributed by atoms with Crippen molar-refractivity contribution >= 4 is 45.4 Å². The molecule has 1 atom stereocenters. The number of amidine groups is 1. The van der Waals surface area contributed by atoms with Crippen LogP contribution in [0.5, 0.6) is 0 Å². The fraction of sp³-hybridized carbons (Fsp3) is 0.207. The number of carbonyl (C=O) groups is 4. The number of aromatic carboxylic acids is 1. The van der Waals surface area contributed by atoms with Crippen LogP contribution in [0.25, 0.3) is 11.1 Å². The number of nitrogens with one attached hydrogen (secondary N) is 3. The van der Waals surface area contributed by atoms with Crippen molar-refractivity contribution in [2.24, 2.45) is 11.7 Å².